The van der Waals surface area contributed by atoms with Crippen LogP contribution in [0.2, 0.25) is 0 Å². The van der Waals surface area contributed by atoms with Gasteiger partial charge in [0, 0.05) is 19.2 Å². The van der Waals surface area contributed by atoms with Gasteiger partial charge in [0.05, 0.1) is 12.6 Å². The zero-order valence-electron chi connectivity index (χ0n) is 11.2. The lowest BCUT2D eigenvalue weighted by Crippen LogP contribution is -2.22. The topological polar surface area (TPSA) is 72.2 Å². The van der Waals surface area contributed by atoms with Crippen molar-refractivity contribution >= 4 is 6.01 Å². The van der Waals surface area contributed by atoms with Crippen molar-refractivity contribution in [3.8, 4) is 0 Å². The summed E-state index contributed by atoms with van der Waals surface area (Å²) in [4.78, 5) is 0. The fraction of sp³-hybridized carbons (Fsp3) is 0.846. The van der Waals surface area contributed by atoms with E-state index in [0.717, 1.165) is 19.6 Å². The van der Waals surface area contributed by atoms with E-state index in [1.807, 2.05) is 0 Å². The number of ether oxygens (including phenoxy) is 1. The highest BCUT2D eigenvalue weighted by Crippen LogP contribution is 2.19. The average Bonchev–Trinajstić information content (AvgIpc) is 3.17. The van der Waals surface area contributed by atoms with Crippen LogP contribution in [0.4, 0.5) is 6.01 Å². The van der Waals surface area contributed by atoms with Crippen molar-refractivity contribution in [1.29, 1.82) is 0 Å². The Morgan fingerprint density at radius 3 is 2.89 bits per heavy atom. The first-order valence-corrected chi connectivity index (χ1v) is 7.31. The molecule has 2 fully saturated rings. The minimum atomic E-state index is 0.389. The number of nitrogens with zero attached hydrogens (tertiary/aromatic N) is 2. The number of hydrogen-bond donors (Lipinski definition) is 2. The number of rotatable bonds is 7. The molecular formula is C13H22N4O2. The molecule has 2 aliphatic rings. The van der Waals surface area contributed by atoms with Gasteiger partial charge in [-0.3, -0.25) is 0 Å². The number of nitrogens with one attached hydrogen (secondary N) is 2. The van der Waals surface area contributed by atoms with E-state index < -0.39 is 0 Å². The fourth-order valence-corrected chi connectivity index (χ4v) is 2.29. The lowest BCUT2D eigenvalue weighted by molar-refractivity contribution is 0.0134. The highest BCUT2D eigenvalue weighted by atomic mass is 16.5. The second-order valence-corrected chi connectivity index (χ2v) is 5.36. The van der Waals surface area contributed by atoms with E-state index in [0.29, 0.717) is 30.6 Å². The van der Waals surface area contributed by atoms with Crippen molar-refractivity contribution in [3.63, 3.8) is 0 Å². The van der Waals surface area contributed by atoms with Crippen molar-refractivity contribution in [1.82, 2.24) is 15.5 Å². The van der Waals surface area contributed by atoms with Crippen LogP contribution < -0.4 is 10.6 Å². The largest absolute Gasteiger partial charge is 0.407 e. The van der Waals surface area contributed by atoms with Crippen LogP contribution in [0.25, 0.3) is 0 Å². The number of anilines is 1. The second-order valence-electron chi connectivity index (χ2n) is 5.36. The predicted octanol–water partition coefficient (Wildman–Crippen LogP) is 1.69. The smallest absolute Gasteiger partial charge is 0.315 e. The molecule has 1 aliphatic carbocycles. The lowest BCUT2D eigenvalue weighted by atomic mass is 10.1. The third kappa shape index (κ3) is 4.18. The molecule has 1 atom stereocenters. The van der Waals surface area contributed by atoms with Crippen LogP contribution in [0, 0.1) is 0 Å². The summed E-state index contributed by atoms with van der Waals surface area (Å²) in [5.41, 5.74) is 0. The lowest BCUT2D eigenvalue weighted by Gasteiger charge is -2.22. The third-order valence-electron chi connectivity index (χ3n) is 3.60. The second kappa shape index (κ2) is 6.34. The first kappa shape index (κ1) is 12.9. The molecule has 1 saturated heterocycles. The summed E-state index contributed by atoms with van der Waals surface area (Å²) in [6.45, 7) is 2.40. The monoisotopic (exact) mass is 266 g/mol. The van der Waals surface area contributed by atoms with E-state index in [9.17, 15) is 0 Å². The Kier molecular flexibility index (Phi) is 4.30. The molecule has 1 aromatic heterocycles. The first-order valence-electron chi connectivity index (χ1n) is 7.31. The van der Waals surface area contributed by atoms with Crippen LogP contribution in [0.3, 0.4) is 0 Å². The summed E-state index contributed by atoms with van der Waals surface area (Å²) in [6, 6.07) is 1.18. The quantitative estimate of drug-likeness (QED) is 0.782. The first-order chi connectivity index (χ1) is 9.40. The molecule has 0 spiro atoms. The van der Waals surface area contributed by atoms with Crippen LogP contribution in [0.1, 0.15) is 44.4 Å². The summed E-state index contributed by atoms with van der Waals surface area (Å²) in [5, 5.41) is 14.5. The average molecular weight is 266 g/mol. The van der Waals surface area contributed by atoms with E-state index in [-0.39, 0.29) is 0 Å². The number of aromatic nitrogens is 2. The normalized spacial score (nSPS) is 23.5. The Bertz CT molecular complexity index is 386. The molecule has 0 amide bonds. The highest BCUT2D eigenvalue weighted by molar-refractivity contribution is 5.16. The van der Waals surface area contributed by atoms with Crippen LogP contribution in [-0.4, -0.2) is 35.5 Å². The van der Waals surface area contributed by atoms with Gasteiger partial charge in [-0.1, -0.05) is 5.10 Å². The molecule has 6 heteroatoms. The Morgan fingerprint density at radius 2 is 2.11 bits per heavy atom. The zero-order chi connectivity index (χ0) is 12.9. The standard InChI is InChI=1S/C13H22N4O2/c1-2-8-18-11(3-1)6-7-14-13-17-16-12(19-13)9-15-10-4-5-10/h10-11,15H,1-9H2,(H,14,17). The van der Waals surface area contributed by atoms with Gasteiger partial charge in [0.25, 0.3) is 0 Å². The van der Waals surface area contributed by atoms with Gasteiger partial charge >= 0.3 is 6.01 Å². The molecule has 0 radical (unpaired) electrons. The van der Waals surface area contributed by atoms with Gasteiger partial charge < -0.3 is 19.8 Å². The maximum absolute atomic E-state index is 5.68. The van der Waals surface area contributed by atoms with Crippen molar-refractivity contribution in [2.24, 2.45) is 0 Å². The molecule has 106 valence electrons. The summed E-state index contributed by atoms with van der Waals surface area (Å²) in [5.74, 6) is 0.656. The fourth-order valence-electron chi connectivity index (χ4n) is 2.29. The summed E-state index contributed by atoms with van der Waals surface area (Å²) >= 11 is 0. The minimum Gasteiger partial charge on any atom is -0.407 e. The van der Waals surface area contributed by atoms with Gasteiger partial charge in [-0.05, 0) is 38.5 Å². The van der Waals surface area contributed by atoms with E-state index in [1.54, 1.807) is 0 Å². The van der Waals surface area contributed by atoms with Gasteiger partial charge in [-0.25, -0.2) is 0 Å². The molecule has 1 saturated carbocycles. The molecule has 0 aromatic carbocycles. The summed E-state index contributed by atoms with van der Waals surface area (Å²) in [6.07, 6.45) is 7.56. The third-order valence-corrected chi connectivity index (χ3v) is 3.60. The summed E-state index contributed by atoms with van der Waals surface area (Å²) < 4.78 is 11.2. The Balaban J connectivity index is 1.34. The molecule has 6 nitrogen and oxygen atoms in total. The van der Waals surface area contributed by atoms with Gasteiger partial charge in [0.2, 0.25) is 5.89 Å². The van der Waals surface area contributed by atoms with Gasteiger partial charge in [-0.2, -0.15) is 0 Å². The molecule has 1 aliphatic heterocycles. The molecule has 2 heterocycles. The molecule has 19 heavy (non-hydrogen) atoms. The van der Waals surface area contributed by atoms with Crippen LogP contribution in [0.15, 0.2) is 4.42 Å². The maximum atomic E-state index is 5.68. The molecule has 1 unspecified atom stereocenters. The Hall–Kier alpha value is -1.14. The van der Waals surface area contributed by atoms with E-state index in [2.05, 4.69) is 20.8 Å². The van der Waals surface area contributed by atoms with Crippen molar-refractivity contribution in [2.75, 3.05) is 18.5 Å². The van der Waals surface area contributed by atoms with E-state index in [1.165, 1.54) is 32.1 Å². The van der Waals surface area contributed by atoms with Crippen molar-refractivity contribution in [2.45, 2.75) is 57.2 Å². The maximum Gasteiger partial charge on any atom is 0.315 e. The van der Waals surface area contributed by atoms with Crippen LogP contribution in [-0.2, 0) is 11.3 Å². The summed E-state index contributed by atoms with van der Waals surface area (Å²) in [7, 11) is 0. The van der Waals surface area contributed by atoms with E-state index >= 15 is 0 Å². The minimum absolute atomic E-state index is 0.389. The van der Waals surface area contributed by atoms with Crippen molar-refractivity contribution in [3.05, 3.63) is 5.89 Å². The van der Waals surface area contributed by atoms with E-state index in [4.69, 9.17) is 9.15 Å². The van der Waals surface area contributed by atoms with Crippen LogP contribution in [0.5, 0.6) is 0 Å². The Labute approximate surface area is 113 Å². The molecule has 3 rings (SSSR count). The molecular weight excluding hydrogens is 244 g/mol. The number of hydrogen-bond acceptors (Lipinski definition) is 6. The molecule has 1 aromatic rings. The zero-order valence-corrected chi connectivity index (χ0v) is 11.2. The molecule has 0 bridgehead atoms. The molecule has 2 N–H and O–H groups in total. The van der Waals surface area contributed by atoms with Crippen molar-refractivity contribution < 1.29 is 9.15 Å². The predicted molar refractivity (Wildman–Crippen MR) is 70.9 cm³/mol. The van der Waals surface area contributed by atoms with Gasteiger partial charge in [-0.15, -0.1) is 5.10 Å². The Morgan fingerprint density at radius 1 is 1.16 bits per heavy atom. The van der Waals surface area contributed by atoms with Gasteiger partial charge in [0.15, 0.2) is 0 Å². The highest BCUT2D eigenvalue weighted by Gasteiger charge is 2.21. The van der Waals surface area contributed by atoms with Gasteiger partial charge in [0.1, 0.15) is 0 Å². The van der Waals surface area contributed by atoms with Crippen LogP contribution >= 0.6 is 0 Å². The SMILES string of the molecule is C1CCC(CCNc2nnc(CNC3CC3)o2)OC1.